The van der Waals surface area contributed by atoms with Gasteiger partial charge in [0.15, 0.2) is 5.41 Å². The monoisotopic (exact) mass is 483 g/mol. The first-order valence-corrected chi connectivity index (χ1v) is 11.0. The summed E-state index contributed by atoms with van der Waals surface area (Å²) in [6, 6.07) is 8.23. The SMILES string of the molecule is CCOC(=O)CC1=C(C(=O)OCC)C2(C(=O)N(CC(=O)OCC)c3ccccc32)C(C#N)=C(N)O1. The summed E-state index contributed by atoms with van der Waals surface area (Å²) in [5.74, 6) is -3.95. The smallest absolute Gasteiger partial charge is 0.339 e. The maximum absolute atomic E-state index is 14.1. The van der Waals surface area contributed by atoms with Crippen molar-refractivity contribution in [3.63, 3.8) is 0 Å². The molecule has 0 radical (unpaired) electrons. The molecule has 35 heavy (non-hydrogen) atoms. The van der Waals surface area contributed by atoms with Crippen molar-refractivity contribution in [2.24, 2.45) is 5.73 Å². The zero-order valence-electron chi connectivity index (χ0n) is 19.6. The Morgan fingerprint density at radius 1 is 1.06 bits per heavy atom. The Morgan fingerprint density at radius 2 is 1.69 bits per heavy atom. The van der Waals surface area contributed by atoms with Gasteiger partial charge in [-0.3, -0.25) is 19.3 Å². The van der Waals surface area contributed by atoms with Crippen molar-refractivity contribution >= 4 is 29.5 Å². The van der Waals surface area contributed by atoms with E-state index in [1.165, 1.54) is 6.07 Å². The highest BCUT2D eigenvalue weighted by Crippen LogP contribution is 2.54. The molecule has 0 saturated heterocycles. The van der Waals surface area contributed by atoms with Gasteiger partial charge >= 0.3 is 17.9 Å². The molecule has 0 aliphatic carbocycles. The number of para-hydroxylation sites is 1. The molecule has 0 bridgehead atoms. The van der Waals surface area contributed by atoms with E-state index in [1.807, 2.05) is 6.07 Å². The summed E-state index contributed by atoms with van der Waals surface area (Å²) in [6.45, 7) is 4.41. The molecular formula is C24H25N3O8. The van der Waals surface area contributed by atoms with Crippen LogP contribution in [0.15, 0.2) is 47.1 Å². The van der Waals surface area contributed by atoms with Gasteiger partial charge in [0.25, 0.3) is 0 Å². The third-order valence-electron chi connectivity index (χ3n) is 5.47. The Labute approximate surface area is 201 Å². The van der Waals surface area contributed by atoms with Crippen LogP contribution >= 0.6 is 0 Å². The molecule has 2 N–H and O–H groups in total. The van der Waals surface area contributed by atoms with E-state index in [-0.39, 0.29) is 48.0 Å². The van der Waals surface area contributed by atoms with Gasteiger partial charge in [0.1, 0.15) is 35.9 Å². The number of hydrogen-bond donors (Lipinski definition) is 1. The standard InChI is InChI=1S/C24H25N3O8/c1-4-32-18(28)11-17-20(22(30)34-6-3)24(15(12-25)21(26)35-17)14-9-7-8-10-16(14)27(23(24)31)13-19(29)33-5-2/h7-10H,4-6,11,13,26H2,1-3H3. The van der Waals surface area contributed by atoms with Gasteiger partial charge in [0.2, 0.25) is 11.8 Å². The highest BCUT2D eigenvalue weighted by molar-refractivity contribution is 6.19. The molecule has 0 saturated carbocycles. The summed E-state index contributed by atoms with van der Waals surface area (Å²) in [7, 11) is 0. The summed E-state index contributed by atoms with van der Waals surface area (Å²) >= 11 is 0. The van der Waals surface area contributed by atoms with Gasteiger partial charge in [-0.15, -0.1) is 0 Å². The number of carbonyl (C=O) groups is 4. The van der Waals surface area contributed by atoms with Gasteiger partial charge in [-0.1, -0.05) is 18.2 Å². The second kappa shape index (κ2) is 10.3. The van der Waals surface area contributed by atoms with Gasteiger partial charge in [-0.05, 0) is 26.8 Å². The lowest BCUT2D eigenvalue weighted by atomic mass is 9.68. The number of fused-ring (bicyclic) bond motifs is 2. The predicted octanol–water partition coefficient (Wildman–Crippen LogP) is 1.33. The van der Waals surface area contributed by atoms with E-state index in [2.05, 4.69) is 0 Å². The van der Waals surface area contributed by atoms with Crippen LogP contribution in [0.5, 0.6) is 0 Å². The van der Waals surface area contributed by atoms with Crippen LogP contribution in [0, 0.1) is 11.3 Å². The fourth-order valence-corrected chi connectivity index (χ4v) is 4.26. The maximum Gasteiger partial charge on any atom is 0.339 e. The van der Waals surface area contributed by atoms with E-state index in [9.17, 15) is 24.4 Å². The second-order valence-corrected chi connectivity index (χ2v) is 7.42. The average molecular weight is 483 g/mol. The number of carbonyl (C=O) groups excluding carboxylic acids is 4. The highest BCUT2D eigenvalue weighted by atomic mass is 16.5. The molecule has 1 unspecified atom stereocenters. The fraction of sp³-hybridized carbons (Fsp3) is 0.375. The van der Waals surface area contributed by atoms with Gasteiger partial charge in [-0.2, -0.15) is 5.26 Å². The van der Waals surface area contributed by atoms with Gasteiger partial charge < -0.3 is 24.7 Å². The van der Waals surface area contributed by atoms with Crippen LogP contribution in [-0.2, 0) is 43.5 Å². The van der Waals surface area contributed by atoms with Crippen molar-refractivity contribution in [1.29, 1.82) is 5.26 Å². The van der Waals surface area contributed by atoms with Crippen LogP contribution < -0.4 is 10.6 Å². The van der Waals surface area contributed by atoms with E-state index in [0.29, 0.717) is 0 Å². The number of nitrogens with two attached hydrogens (primary N) is 1. The highest BCUT2D eigenvalue weighted by Gasteiger charge is 2.62. The van der Waals surface area contributed by atoms with Crippen LogP contribution in [0.1, 0.15) is 32.8 Å². The van der Waals surface area contributed by atoms with Crippen LogP contribution in [0.3, 0.4) is 0 Å². The Hall–Kier alpha value is -4.33. The van der Waals surface area contributed by atoms with E-state index in [0.717, 1.165) is 4.90 Å². The number of benzene rings is 1. The molecule has 0 fully saturated rings. The Kier molecular flexibility index (Phi) is 7.44. The summed E-state index contributed by atoms with van der Waals surface area (Å²) in [5.41, 5.74) is 3.71. The quantitative estimate of drug-likeness (QED) is 0.422. The van der Waals surface area contributed by atoms with Crippen LogP contribution in [-0.4, -0.2) is 50.2 Å². The van der Waals surface area contributed by atoms with Crippen molar-refractivity contribution in [3.8, 4) is 6.07 Å². The first kappa shape index (κ1) is 25.3. The molecule has 1 aromatic rings. The predicted molar refractivity (Wildman–Crippen MR) is 120 cm³/mol. The first-order chi connectivity index (χ1) is 16.8. The molecule has 2 aliphatic rings. The molecule has 2 heterocycles. The number of hydrogen-bond acceptors (Lipinski definition) is 10. The number of esters is 3. The van der Waals surface area contributed by atoms with Crippen molar-refractivity contribution < 1.29 is 38.1 Å². The third kappa shape index (κ3) is 4.19. The maximum atomic E-state index is 14.1. The molecule has 1 amide bonds. The lowest BCUT2D eigenvalue weighted by Crippen LogP contribution is -2.49. The Morgan fingerprint density at radius 3 is 2.31 bits per heavy atom. The first-order valence-electron chi connectivity index (χ1n) is 11.0. The minimum Gasteiger partial charge on any atom is -0.466 e. The van der Waals surface area contributed by atoms with E-state index < -0.39 is 48.1 Å². The van der Waals surface area contributed by atoms with Crippen LogP contribution in [0.4, 0.5) is 5.69 Å². The van der Waals surface area contributed by atoms with E-state index in [4.69, 9.17) is 24.7 Å². The van der Waals surface area contributed by atoms with Gasteiger partial charge in [0, 0.05) is 11.3 Å². The molecule has 184 valence electrons. The number of anilines is 1. The van der Waals surface area contributed by atoms with Crippen molar-refractivity contribution in [3.05, 3.63) is 52.6 Å². The summed E-state index contributed by atoms with van der Waals surface area (Å²) in [6.07, 6.45) is -0.545. The number of nitrogens with zero attached hydrogens (tertiary/aromatic N) is 2. The number of amides is 1. The van der Waals surface area contributed by atoms with Crippen LogP contribution in [0.25, 0.3) is 0 Å². The largest absolute Gasteiger partial charge is 0.466 e. The van der Waals surface area contributed by atoms with E-state index in [1.54, 1.807) is 39.0 Å². The lowest BCUT2D eigenvalue weighted by Gasteiger charge is -2.35. The minimum atomic E-state index is -2.10. The number of nitriles is 1. The molecule has 11 nitrogen and oxygen atoms in total. The van der Waals surface area contributed by atoms with E-state index >= 15 is 0 Å². The zero-order chi connectivity index (χ0) is 25.8. The molecule has 3 rings (SSSR count). The molecule has 1 aromatic carbocycles. The van der Waals surface area contributed by atoms with Crippen LogP contribution in [0.2, 0.25) is 0 Å². The summed E-state index contributed by atoms with van der Waals surface area (Å²) < 4.78 is 20.8. The summed E-state index contributed by atoms with van der Waals surface area (Å²) in [4.78, 5) is 53.2. The molecule has 0 aromatic heterocycles. The van der Waals surface area contributed by atoms with Gasteiger partial charge in [-0.25, -0.2) is 4.79 Å². The summed E-state index contributed by atoms with van der Waals surface area (Å²) in [5, 5.41) is 10.1. The molecular weight excluding hydrogens is 458 g/mol. The normalized spacial score (nSPS) is 18.7. The van der Waals surface area contributed by atoms with Crippen molar-refractivity contribution in [1.82, 2.24) is 0 Å². The number of ether oxygens (including phenoxy) is 4. The third-order valence-corrected chi connectivity index (χ3v) is 5.47. The van der Waals surface area contributed by atoms with Crippen molar-refractivity contribution in [2.75, 3.05) is 31.3 Å². The Balaban J connectivity index is 2.35. The molecule has 11 heteroatoms. The van der Waals surface area contributed by atoms with Crippen molar-refractivity contribution in [2.45, 2.75) is 32.6 Å². The average Bonchev–Trinajstić information content (AvgIpc) is 3.03. The Bertz CT molecular complexity index is 1180. The zero-order valence-corrected chi connectivity index (χ0v) is 19.6. The lowest BCUT2D eigenvalue weighted by molar-refractivity contribution is -0.143. The van der Waals surface area contributed by atoms with Gasteiger partial charge in [0.05, 0.1) is 19.8 Å². The number of rotatable bonds is 8. The topological polar surface area (TPSA) is 158 Å². The fourth-order valence-electron chi connectivity index (χ4n) is 4.26. The molecule has 1 atom stereocenters. The molecule has 2 aliphatic heterocycles. The second-order valence-electron chi connectivity index (χ2n) is 7.42. The molecule has 1 spiro atoms. The minimum absolute atomic E-state index is 0.0610.